The maximum atomic E-state index is 11.1. The molecule has 2 aromatic carbocycles. The van der Waals surface area contributed by atoms with Crippen molar-refractivity contribution in [1.82, 2.24) is 4.57 Å². The van der Waals surface area contributed by atoms with E-state index in [1.165, 1.54) is 0 Å². The van der Waals surface area contributed by atoms with Gasteiger partial charge in [0.15, 0.2) is 5.69 Å². The first kappa shape index (κ1) is 17.6. The molecule has 0 aliphatic rings. The van der Waals surface area contributed by atoms with Gasteiger partial charge in [-0.15, -0.1) is 4.91 Å². The van der Waals surface area contributed by atoms with Crippen molar-refractivity contribution in [2.45, 2.75) is 19.9 Å². The lowest BCUT2D eigenvalue weighted by atomic mass is 10.2. The first-order chi connectivity index (χ1) is 12.0. The average Bonchev–Trinajstić information content (AvgIpc) is 2.88. The number of aromatic nitrogens is 1. The number of hydrogen-bond acceptors (Lipinski definition) is 4. The number of hydrogen-bond donors (Lipinski definition) is 1. The lowest BCUT2D eigenvalue weighted by Crippen LogP contribution is -2.05. The monoisotopic (exact) mass is 378 g/mol. The fourth-order valence-electron chi connectivity index (χ4n) is 2.78. The van der Waals surface area contributed by atoms with Crippen LogP contribution in [0, 0.1) is 11.8 Å². The summed E-state index contributed by atoms with van der Waals surface area (Å²) < 4.78 is 7.30. The number of nitrogens with zero attached hydrogens (tertiary/aromatic N) is 2. The Balaban J connectivity index is 1.82. The molecule has 5 nitrogen and oxygen atoms in total. The van der Waals surface area contributed by atoms with Crippen LogP contribution in [-0.2, 0) is 6.54 Å². The van der Waals surface area contributed by atoms with E-state index < -0.39 is 0 Å². The third-order valence-corrected chi connectivity index (χ3v) is 4.82. The second-order valence-corrected chi connectivity index (χ2v) is 6.43. The van der Waals surface area contributed by atoms with Crippen molar-refractivity contribution in [1.29, 1.82) is 0 Å². The molecule has 0 spiro atoms. The molecule has 0 aliphatic carbocycles. The molecule has 0 saturated carbocycles. The Morgan fingerprint density at radius 2 is 1.96 bits per heavy atom. The molecule has 130 valence electrons. The summed E-state index contributed by atoms with van der Waals surface area (Å²) in [5.74, 6) is 0.602. The molecule has 0 amide bonds. The van der Waals surface area contributed by atoms with E-state index >= 15 is 0 Å². The largest absolute Gasteiger partial charge is 0.493 e. The molecule has 0 fully saturated rings. The molecule has 7 heteroatoms. The molecule has 0 radical (unpaired) electrons. The zero-order valence-corrected chi connectivity index (χ0v) is 15.0. The molecule has 25 heavy (non-hydrogen) atoms. The van der Waals surface area contributed by atoms with Gasteiger partial charge < -0.3 is 14.4 Å². The minimum Gasteiger partial charge on any atom is -0.493 e. The van der Waals surface area contributed by atoms with Crippen LogP contribution in [0.4, 0.5) is 5.69 Å². The third-order valence-electron chi connectivity index (χ3n) is 4.03. The molecular formula is C18H16Cl2N2O3. The number of aryl methyl sites for hydroxylation is 2. The van der Waals surface area contributed by atoms with Crippen LogP contribution >= 0.6 is 23.2 Å². The number of fused-ring (bicyclic) bond motifs is 1. The molecule has 0 atom stereocenters. The van der Waals surface area contributed by atoms with E-state index in [2.05, 4.69) is 5.18 Å². The van der Waals surface area contributed by atoms with E-state index in [-0.39, 0.29) is 16.6 Å². The Morgan fingerprint density at radius 3 is 2.68 bits per heavy atom. The maximum Gasteiger partial charge on any atom is 0.222 e. The molecule has 0 bridgehead atoms. The summed E-state index contributed by atoms with van der Waals surface area (Å²) in [6.45, 7) is 2.83. The van der Waals surface area contributed by atoms with Gasteiger partial charge in [-0.2, -0.15) is 0 Å². The van der Waals surface area contributed by atoms with Crippen LogP contribution in [0.5, 0.6) is 11.6 Å². The van der Waals surface area contributed by atoms with E-state index in [1.807, 2.05) is 31.2 Å². The molecule has 0 saturated heterocycles. The van der Waals surface area contributed by atoms with E-state index in [0.717, 1.165) is 11.3 Å². The molecule has 0 unspecified atom stereocenters. The fraction of sp³-hybridized carbons (Fsp3) is 0.222. The van der Waals surface area contributed by atoms with Gasteiger partial charge in [0.05, 0.1) is 22.2 Å². The Bertz CT molecular complexity index is 938. The van der Waals surface area contributed by atoms with Crippen LogP contribution in [0.2, 0.25) is 10.0 Å². The second-order valence-electron chi connectivity index (χ2n) is 5.64. The summed E-state index contributed by atoms with van der Waals surface area (Å²) in [6.07, 6.45) is 0.604. The molecule has 1 N–H and O–H groups in total. The number of benzene rings is 2. The summed E-state index contributed by atoms with van der Waals surface area (Å²) in [6, 6.07) is 10.9. The molecular weight excluding hydrogens is 363 g/mol. The van der Waals surface area contributed by atoms with E-state index in [1.54, 1.807) is 16.7 Å². The van der Waals surface area contributed by atoms with Crippen molar-refractivity contribution in [2.75, 3.05) is 6.61 Å². The van der Waals surface area contributed by atoms with Gasteiger partial charge in [0.2, 0.25) is 5.88 Å². The molecule has 0 aliphatic heterocycles. The Morgan fingerprint density at radius 1 is 1.20 bits per heavy atom. The first-order valence-corrected chi connectivity index (χ1v) is 8.51. The Hall–Kier alpha value is -2.24. The van der Waals surface area contributed by atoms with Gasteiger partial charge in [0.25, 0.3) is 0 Å². The van der Waals surface area contributed by atoms with Gasteiger partial charge in [-0.25, -0.2) is 0 Å². The van der Waals surface area contributed by atoms with Crippen molar-refractivity contribution in [3.63, 3.8) is 0 Å². The number of para-hydroxylation sites is 1. The highest BCUT2D eigenvalue weighted by Gasteiger charge is 2.20. The van der Waals surface area contributed by atoms with Gasteiger partial charge in [0.1, 0.15) is 5.75 Å². The van der Waals surface area contributed by atoms with Crippen LogP contribution in [0.1, 0.15) is 12.0 Å². The van der Waals surface area contributed by atoms with Gasteiger partial charge in [-0.05, 0) is 42.3 Å². The summed E-state index contributed by atoms with van der Waals surface area (Å²) in [5, 5.41) is 14.3. The summed E-state index contributed by atoms with van der Waals surface area (Å²) in [4.78, 5) is 11.1. The minimum atomic E-state index is -0.218. The van der Waals surface area contributed by atoms with Crippen molar-refractivity contribution >= 4 is 39.8 Å². The molecule has 1 heterocycles. The van der Waals surface area contributed by atoms with E-state index in [9.17, 15) is 10.0 Å². The summed E-state index contributed by atoms with van der Waals surface area (Å²) >= 11 is 12.3. The van der Waals surface area contributed by atoms with Gasteiger partial charge >= 0.3 is 0 Å². The lowest BCUT2D eigenvalue weighted by molar-refractivity contribution is 0.296. The highest BCUT2D eigenvalue weighted by molar-refractivity contribution is 6.45. The van der Waals surface area contributed by atoms with Crippen molar-refractivity contribution in [2.24, 2.45) is 5.18 Å². The average molecular weight is 379 g/mol. The predicted molar refractivity (Wildman–Crippen MR) is 100 cm³/mol. The second kappa shape index (κ2) is 7.33. The summed E-state index contributed by atoms with van der Waals surface area (Å²) in [5.41, 5.74) is 1.52. The molecule has 3 rings (SSSR count). The Kier molecular flexibility index (Phi) is 5.16. The van der Waals surface area contributed by atoms with Gasteiger partial charge in [0, 0.05) is 11.9 Å². The smallest absolute Gasteiger partial charge is 0.222 e. The number of aromatic hydroxyl groups is 1. The number of nitroso groups, excluding NO2 is 1. The minimum absolute atomic E-state index is 0.0339. The van der Waals surface area contributed by atoms with Crippen LogP contribution in [-0.4, -0.2) is 16.3 Å². The standard InChI is InChI=1S/C18H16Cl2N2O3/c1-11-5-2-3-6-14(11)25-10-4-9-22-17-12(16(21-24)18(22)23)7-8-13(19)15(17)20/h2-3,5-8,23H,4,9-10H2,1H3. The number of ether oxygens (including phenoxy) is 1. The zero-order chi connectivity index (χ0) is 18.0. The zero-order valence-electron chi connectivity index (χ0n) is 13.5. The highest BCUT2D eigenvalue weighted by atomic mass is 35.5. The number of rotatable bonds is 6. The third kappa shape index (κ3) is 3.30. The maximum absolute atomic E-state index is 11.1. The molecule has 3 aromatic rings. The van der Waals surface area contributed by atoms with E-state index in [0.29, 0.717) is 35.5 Å². The van der Waals surface area contributed by atoms with Gasteiger partial charge in [-0.3, -0.25) is 0 Å². The van der Waals surface area contributed by atoms with Crippen LogP contribution in [0.15, 0.2) is 41.6 Å². The first-order valence-electron chi connectivity index (χ1n) is 7.75. The van der Waals surface area contributed by atoms with Crippen LogP contribution < -0.4 is 4.74 Å². The van der Waals surface area contributed by atoms with Gasteiger partial charge in [-0.1, -0.05) is 41.4 Å². The predicted octanol–water partition coefficient (Wildman–Crippen LogP) is 5.83. The normalized spacial score (nSPS) is 11.0. The van der Waals surface area contributed by atoms with Crippen molar-refractivity contribution in [3.8, 4) is 11.6 Å². The lowest BCUT2D eigenvalue weighted by Gasteiger charge is -2.11. The highest BCUT2D eigenvalue weighted by Crippen LogP contribution is 2.43. The molecule has 1 aromatic heterocycles. The topological polar surface area (TPSA) is 63.8 Å². The fourth-order valence-corrected chi connectivity index (χ4v) is 3.20. The Labute approximate surface area is 154 Å². The SMILES string of the molecule is Cc1ccccc1OCCCn1c(O)c(N=O)c2ccc(Cl)c(Cl)c21. The quantitative estimate of drug-likeness (QED) is 0.433. The van der Waals surface area contributed by atoms with Crippen LogP contribution in [0.3, 0.4) is 0 Å². The number of halogens is 2. The van der Waals surface area contributed by atoms with Crippen molar-refractivity contribution < 1.29 is 9.84 Å². The van der Waals surface area contributed by atoms with Crippen LogP contribution in [0.25, 0.3) is 10.9 Å². The van der Waals surface area contributed by atoms with E-state index in [4.69, 9.17) is 27.9 Å². The summed E-state index contributed by atoms with van der Waals surface area (Å²) in [7, 11) is 0. The van der Waals surface area contributed by atoms with Crippen molar-refractivity contribution in [3.05, 3.63) is 56.9 Å².